The fourth-order valence-electron chi connectivity index (χ4n) is 2.93. The molecule has 2 unspecified atom stereocenters. The fraction of sp³-hybridized carbons (Fsp3) is 0.941. The van der Waals surface area contributed by atoms with E-state index in [0.29, 0.717) is 25.4 Å². The molecule has 2 N–H and O–H groups in total. The van der Waals surface area contributed by atoms with Gasteiger partial charge in [0.15, 0.2) is 5.96 Å². The van der Waals surface area contributed by atoms with Crippen LogP contribution in [-0.2, 0) is 14.2 Å². The highest BCUT2D eigenvalue weighted by Crippen LogP contribution is 2.11. The molecule has 0 amide bonds. The number of nitrogens with zero attached hydrogens (tertiary/aromatic N) is 2. The number of aliphatic imine (C=N–C) groups is 1. The van der Waals surface area contributed by atoms with Gasteiger partial charge in [-0.25, -0.2) is 0 Å². The van der Waals surface area contributed by atoms with Crippen molar-refractivity contribution < 1.29 is 14.2 Å². The van der Waals surface area contributed by atoms with Crippen molar-refractivity contribution in [2.45, 2.75) is 38.8 Å². The maximum atomic E-state index is 5.67. The van der Waals surface area contributed by atoms with Crippen molar-refractivity contribution in [2.75, 3.05) is 65.8 Å². The molecule has 25 heavy (non-hydrogen) atoms. The topological polar surface area (TPSA) is 67.4 Å². The van der Waals surface area contributed by atoms with Crippen molar-refractivity contribution in [3.05, 3.63) is 0 Å². The van der Waals surface area contributed by atoms with E-state index in [-0.39, 0.29) is 24.0 Å². The van der Waals surface area contributed by atoms with Crippen LogP contribution in [0.4, 0.5) is 0 Å². The highest BCUT2D eigenvalue weighted by molar-refractivity contribution is 14.0. The average Bonchev–Trinajstić information content (AvgIpc) is 3.13. The summed E-state index contributed by atoms with van der Waals surface area (Å²) < 4.78 is 16.6. The third-order valence-electron chi connectivity index (χ3n) is 4.39. The van der Waals surface area contributed by atoms with Crippen molar-refractivity contribution in [2.24, 2.45) is 4.99 Å². The molecule has 0 radical (unpaired) electrons. The lowest BCUT2D eigenvalue weighted by Gasteiger charge is -2.31. The summed E-state index contributed by atoms with van der Waals surface area (Å²) in [6, 6.07) is 0.431. The minimum atomic E-state index is 0. The third kappa shape index (κ3) is 9.37. The van der Waals surface area contributed by atoms with E-state index in [1.54, 1.807) is 0 Å². The van der Waals surface area contributed by atoms with Crippen molar-refractivity contribution in [3.63, 3.8) is 0 Å². The van der Waals surface area contributed by atoms with Gasteiger partial charge in [-0.15, -0.1) is 24.0 Å². The molecule has 2 fully saturated rings. The van der Waals surface area contributed by atoms with Gasteiger partial charge in [0, 0.05) is 38.8 Å². The summed E-state index contributed by atoms with van der Waals surface area (Å²) in [6.45, 7) is 12.6. The van der Waals surface area contributed by atoms with E-state index in [0.717, 1.165) is 71.3 Å². The first-order valence-corrected chi connectivity index (χ1v) is 9.33. The van der Waals surface area contributed by atoms with Gasteiger partial charge in [0.05, 0.1) is 39.1 Å². The zero-order valence-corrected chi connectivity index (χ0v) is 18.0. The second-order valence-corrected chi connectivity index (χ2v) is 6.35. The summed E-state index contributed by atoms with van der Waals surface area (Å²) in [7, 11) is 0. The molecule has 8 heteroatoms. The molecule has 2 heterocycles. The summed E-state index contributed by atoms with van der Waals surface area (Å²) in [5.74, 6) is 0.860. The van der Waals surface area contributed by atoms with Crippen LogP contribution in [0.5, 0.6) is 0 Å². The molecule has 2 saturated heterocycles. The number of rotatable bonds is 9. The number of halogens is 1. The maximum absolute atomic E-state index is 5.67. The first-order chi connectivity index (χ1) is 11.8. The molecule has 0 saturated carbocycles. The first-order valence-electron chi connectivity index (χ1n) is 9.33. The molecule has 0 aliphatic carbocycles. The van der Waals surface area contributed by atoms with E-state index in [1.807, 2.05) is 0 Å². The van der Waals surface area contributed by atoms with Crippen LogP contribution in [0, 0.1) is 0 Å². The van der Waals surface area contributed by atoms with Crippen LogP contribution in [0.3, 0.4) is 0 Å². The SMILES string of the molecule is CCNC(=NCC(C)N1CCOCC1)NCCOCC1CCCO1.I. The Kier molecular flexibility index (Phi) is 12.8. The van der Waals surface area contributed by atoms with Crippen molar-refractivity contribution in [1.82, 2.24) is 15.5 Å². The highest BCUT2D eigenvalue weighted by atomic mass is 127. The quantitative estimate of drug-likeness (QED) is 0.228. The maximum Gasteiger partial charge on any atom is 0.191 e. The number of morpholine rings is 1. The van der Waals surface area contributed by atoms with Crippen LogP contribution >= 0.6 is 24.0 Å². The standard InChI is InChI=1S/C17H34N4O3.HI/c1-3-18-17(19-6-10-23-14-16-5-4-9-24-16)20-13-15(2)21-7-11-22-12-8-21;/h15-16H,3-14H2,1-2H3,(H2,18,19,20);1H. The molecular weight excluding hydrogens is 435 g/mol. The monoisotopic (exact) mass is 470 g/mol. The van der Waals surface area contributed by atoms with Crippen LogP contribution < -0.4 is 10.6 Å². The molecule has 2 rings (SSSR count). The third-order valence-corrected chi connectivity index (χ3v) is 4.39. The van der Waals surface area contributed by atoms with Crippen LogP contribution in [0.25, 0.3) is 0 Å². The molecule has 7 nitrogen and oxygen atoms in total. The molecule has 0 bridgehead atoms. The number of hydrogen-bond donors (Lipinski definition) is 2. The van der Waals surface area contributed by atoms with Gasteiger partial charge >= 0.3 is 0 Å². The molecule has 0 aromatic carbocycles. The van der Waals surface area contributed by atoms with E-state index < -0.39 is 0 Å². The van der Waals surface area contributed by atoms with Gasteiger partial charge in [-0.05, 0) is 26.7 Å². The lowest BCUT2D eigenvalue weighted by molar-refractivity contribution is 0.0190. The van der Waals surface area contributed by atoms with E-state index in [9.17, 15) is 0 Å². The van der Waals surface area contributed by atoms with Crippen LogP contribution in [-0.4, -0.2) is 88.8 Å². The number of nitrogens with one attached hydrogen (secondary N) is 2. The van der Waals surface area contributed by atoms with Crippen LogP contribution in [0.1, 0.15) is 26.7 Å². The molecule has 0 aromatic heterocycles. The van der Waals surface area contributed by atoms with Crippen LogP contribution in [0.2, 0.25) is 0 Å². The van der Waals surface area contributed by atoms with Gasteiger partial charge in [0.25, 0.3) is 0 Å². The average molecular weight is 470 g/mol. The minimum Gasteiger partial charge on any atom is -0.379 e. The van der Waals surface area contributed by atoms with Crippen molar-refractivity contribution in [1.29, 1.82) is 0 Å². The first kappa shape index (κ1) is 22.9. The van der Waals surface area contributed by atoms with Crippen LogP contribution in [0.15, 0.2) is 4.99 Å². The Labute approximate surface area is 169 Å². The van der Waals surface area contributed by atoms with Gasteiger partial charge in [-0.1, -0.05) is 0 Å². The summed E-state index contributed by atoms with van der Waals surface area (Å²) in [4.78, 5) is 7.13. The number of hydrogen-bond acceptors (Lipinski definition) is 5. The zero-order valence-electron chi connectivity index (χ0n) is 15.7. The molecular formula is C17H35IN4O3. The summed E-state index contributed by atoms with van der Waals surface area (Å²) in [5, 5.41) is 6.62. The Morgan fingerprint density at radius 2 is 2.08 bits per heavy atom. The molecule has 2 aliphatic heterocycles. The second kappa shape index (κ2) is 14.0. The summed E-state index contributed by atoms with van der Waals surface area (Å²) in [6.07, 6.45) is 2.57. The molecule has 0 aromatic rings. The van der Waals surface area contributed by atoms with Gasteiger partial charge in [-0.2, -0.15) is 0 Å². The Hall–Kier alpha value is -0.160. The normalized spacial score (nSPS) is 23.1. The summed E-state index contributed by atoms with van der Waals surface area (Å²) >= 11 is 0. The van der Waals surface area contributed by atoms with Gasteiger partial charge in [0.1, 0.15) is 0 Å². The minimum absolute atomic E-state index is 0. The number of guanidine groups is 1. The lowest BCUT2D eigenvalue weighted by Crippen LogP contribution is -2.44. The van der Waals surface area contributed by atoms with E-state index in [4.69, 9.17) is 19.2 Å². The molecule has 148 valence electrons. The Bertz CT molecular complexity index is 362. The molecule has 2 aliphatic rings. The predicted molar refractivity (Wildman–Crippen MR) is 111 cm³/mol. The smallest absolute Gasteiger partial charge is 0.191 e. The predicted octanol–water partition coefficient (Wildman–Crippen LogP) is 1.08. The molecule has 0 spiro atoms. The highest BCUT2D eigenvalue weighted by Gasteiger charge is 2.17. The van der Waals surface area contributed by atoms with Gasteiger partial charge in [0.2, 0.25) is 0 Å². The zero-order chi connectivity index (χ0) is 17.0. The fourth-order valence-corrected chi connectivity index (χ4v) is 2.93. The number of ether oxygens (including phenoxy) is 3. The largest absolute Gasteiger partial charge is 0.379 e. The van der Waals surface area contributed by atoms with E-state index in [1.165, 1.54) is 0 Å². The summed E-state index contributed by atoms with van der Waals surface area (Å²) in [5.41, 5.74) is 0. The van der Waals surface area contributed by atoms with E-state index in [2.05, 4.69) is 29.4 Å². The van der Waals surface area contributed by atoms with Gasteiger partial charge in [-0.3, -0.25) is 9.89 Å². The Balaban J connectivity index is 0.00000312. The Morgan fingerprint density at radius 1 is 1.28 bits per heavy atom. The Morgan fingerprint density at radius 3 is 2.76 bits per heavy atom. The van der Waals surface area contributed by atoms with Gasteiger partial charge < -0.3 is 24.8 Å². The van der Waals surface area contributed by atoms with E-state index >= 15 is 0 Å². The van der Waals surface area contributed by atoms with Crippen molar-refractivity contribution in [3.8, 4) is 0 Å². The second-order valence-electron chi connectivity index (χ2n) is 6.35. The van der Waals surface area contributed by atoms with Crippen molar-refractivity contribution >= 4 is 29.9 Å². The lowest BCUT2D eigenvalue weighted by atomic mass is 10.2. The molecule has 2 atom stereocenters.